The van der Waals surface area contributed by atoms with Gasteiger partial charge in [0, 0.05) is 25.7 Å². The highest BCUT2D eigenvalue weighted by Crippen LogP contribution is 2.45. The van der Waals surface area contributed by atoms with Gasteiger partial charge in [-0.15, -0.1) is 0 Å². The molecule has 0 aromatic rings. The van der Waals surface area contributed by atoms with Gasteiger partial charge in [-0.25, -0.2) is 9.13 Å². The number of carbonyl (C=O) groups excluding carboxylic acids is 4. The van der Waals surface area contributed by atoms with Crippen LogP contribution in [-0.4, -0.2) is 96.7 Å². The third kappa shape index (κ3) is 43.8. The predicted octanol–water partition coefficient (Wildman–Crippen LogP) is 11.7. The molecule has 0 aliphatic heterocycles. The molecule has 17 nitrogen and oxygen atoms in total. The fourth-order valence-corrected chi connectivity index (χ4v) is 8.42. The first kappa shape index (κ1) is 65.1. The molecule has 0 rings (SSSR count). The van der Waals surface area contributed by atoms with E-state index < -0.39 is 97.5 Å². The molecule has 67 heavy (non-hydrogen) atoms. The van der Waals surface area contributed by atoms with E-state index in [2.05, 4.69) is 20.8 Å². The van der Waals surface area contributed by atoms with Gasteiger partial charge in [0.15, 0.2) is 12.2 Å². The van der Waals surface area contributed by atoms with Crippen LogP contribution in [0.2, 0.25) is 0 Å². The van der Waals surface area contributed by atoms with Crippen LogP contribution in [0.5, 0.6) is 0 Å². The molecule has 0 aliphatic rings. The van der Waals surface area contributed by atoms with Crippen LogP contribution in [-0.2, 0) is 65.4 Å². The molecule has 0 bridgehead atoms. The molecule has 0 aromatic carbocycles. The lowest BCUT2D eigenvalue weighted by Crippen LogP contribution is -2.30. The van der Waals surface area contributed by atoms with Crippen molar-refractivity contribution in [2.45, 2.75) is 245 Å². The Balaban J connectivity index is 4.90. The highest BCUT2D eigenvalue weighted by Gasteiger charge is 2.30. The molecule has 0 radical (unpaired) electrons. The Kier molecular flexibility index (Phi) is 42.8. The van der Waals surface area contributed by atoms with Gasteiger partial charge in [0.2, 0.25) is 0 Å². The Hall–Kier alpha value is -1.94. The predicted molar refractivity (Wildman–Crippen MR) is 257 cm³/mol. The number of unbranched alkanes of at least 4 members (excludes halogenated alkanes) is 24. The Bertz CT molecular complexity index is 1340. The average Bonchev–Trinajstić information content (AvgIpc) is 3.30. The summed E-state index contributed by atoms with van der Waals surface area (Å²) in [5.41, 5.74) is 0. The number of phosphoric acid groups is 2. The van der Waals surface area contributed by atoms with Gasteiger partial charge in [-0.05, 0) is 19.3 Å². The van der Waals surface area contributed by atoms with Crippen molar-refractivity contribution in [3.05, 3.63) is 0 Å². The number of carbonyl (C=O) groups is 4. The van der Waals surface area contributed by atoms with Gasteiger partial charge in [-0.3, -0.25) is 37.3 Å². The van der Waals surface area contributed by atoms with Crippen molar-refractivity contribution in [3.63, 3.8) is 0 Å². The van der Waals surface area contributed by atoms with Crippen molar-refractivity contribution < 1.29 is 80.2 Å². The van der Waals surface area contributed by atoms with Gasteiger partial charge < -0.3 is 33.8 Å². The maximum atomic E-state index is 12.7. The number of hydrogen-bond donors (Lipinski definition) is 3. The van der Waals surface area contributed by atoms with E-state index in [0.29, 0.717) is 19.3 Å². The van der Waals surface area contributed by atoms with Crippen molar-refractivity contribution in [2.24, 2.45) is 0 Å². The summed E-state index contributed by atoms with van der Waals surface area (Å²) in [7, 11) is -9.81. The number of aliphatic hydroxyl groups excluding tert-OH is 1. The van der Waals surface area contributed by atoms with Crippen LogP contribution >= 0.6 is 15.6 Å². The Morgan fingerprint density at radius 3 is 0.955 bits per heavy atom. The molecule has 0 aliphatic carbocycles. The lowest BCUT2D eigenvalue weighted by molar-refractivity contribution is -0.161. The van der Waals surface area contributed by atoms with Crippen LogP contribution < -0.4 is 0 Å². The van der Waals surface area contributed by atoms with E-state index in [9.17, 15) is 43.2 Å². The minimum absolute atomic E-state index is 0.0515. The smallest absolute Gasteiger partial charge is 0.462 e. The Morgan fingerprint density at radius 1 is 0.373 bits per heavy atom. The van der Waals surface area contributed by atoms with Gasteiger partial charge in [0.1, 0.15) is 19.3 Å². The second-order valence-electron chi connectivity index (χ2n) is 17.5. The molecule has 396 valence electrons. The van der Waals surface area contributed by atoms with Crippen LogP contribution in [0.4, 0.5) is 0 Å². The first-order chi connectivity index (χ1) is 32.2. The lowest BCUT2D eigenvalue weighted by Gasteiger charge is -2.21. The molecule has 0 fully saturated rings. The molecule has 0 aromatic heterocycles. The number of hydrogen-bond acceptors (Lipinski definition) is 15. The summed E-state index contributed by atoms with van der Waals surface area (Å²) in [6.45, 7) is 4.07. The van der Waals surface area contributed by atoms with Crippen molar-refractivity contribution in [1.29, 1.82) is 0 Å². The molecule has 5 atom stereocenters. The van der Waals surface area contributed by atoms with Crippen molar-refractivity contribution in [2.75, 3.05) is 39.6 Å². The standard InChI is InChI=1S/C48H92O17P2/c1-5-9-12-15-17-19-21-23-25-28-30-33-46(51)59-39-44(65-47(52)34-31-27-14-11-7-3)41-63-67(56,57)61-37-42(49)36-60-66(54,55)62-40-43(38-58-45(50)8-4)64-48(53)35-32-29-26-24-22-20-18-16-13-10-6-2/h42-44,49H,5-41H2,1-4H3,(H,54,55)(H,56,57)/t42-,43+,44+/m0/s1. The minimum atomic E-state index is -4.91. The number of aliphatic hydroxyl groups is 1. The monoisotopic (exact) mass is 1000 g/mol. The van der Waals surface area contributed by atoms with E-state index in [-0.39, 0.29) is 25.7 Å². The highest BCUT2D eigenvalue weighted by atomic mass is 31.2. The summed E-state index contributed by atoms with van der Waals surface area (Å²) in [4.78, 5) is 70.0. The molecule has 0 amide bonds. The van der Waals surface area contributed by atoms with Crippen LogP contribution in [0.1, 0.15) is 227 Å². The lowest BCUT2D eigenvalue weighted by atomic mass is 10.1. The summed E-state index contributed by atoms with van der Waals surface area (Å²) < 4.78 is 66.2. The maximum absolute atomic E-state index is 12.7. The van der Waals surface area contributed by atoms with Crippen molar-refractivity contribution in [3.8, 4) is 0 Å². The number of esters is 4. The van der Waals surface area contributed by atoms with Crippen molar-refractivity contribution >= 4 is 39.5 Å². The van der Waals surface area contributed by atoms with E-state index in [1.54, 1.807) is 6.92 Å². The summed E-state index contributed by atoms with van der Waals surface area (Å²) >= 11 is 0. The van der Waals surface area contributed by atoms with Gasteiger partial charge in [0.05, 0.1) is 26.4 Å². The molecule has 19 heteroatoms. The molecular formula is C48H92O17P2. The second kappa shape index (κ2) is 44.0. The topological polar surface area (TPSA) is 237 Å². The maximum Gasteiger partial charge on any atom is 0.472 e. The second-order valence-corrected chi connectivity index (χ2v) is 20.4. The number of phosphoric ester groups is 2. The Labute approximate surface area is 403 Å². The minimum Gasteiger partial charge on any atom is -0.462 e. The first-order valence-electron chi connectivity index (χ1n) is 25.8. The highest BCUT2D eigenvalue weighted by molar-refractivity contribution is 7.47. The number of rotatable bonds is 49. The SMILES string of the molecule is CCCCCCCCCCCCCC(=O)OC[C@H](COP(=O)(O)OC[C@@H](O)COP(=O)(O)OC[C@@H](COC(=O)CC)OC(=O)CCCCCCCCCCCCC)OC(=O)CCCCCCC. The number of ether oxygens (including phenoxy) is 4. The average molecular weight is 1000 g/mol. The van der Waals surface area contributed by atoms with Gasteiger partial charge in [-0.2, -0.15) is 0 Å². The zero-order valence-electron chi connectivity index (χ0n) is 41.8. The third-order valence-corrected chi connectivity index (χ3v) is 12.8. The van der Waals surface area contributed by atoms with Crippen LogP contribution in [0.25, 0.3) is 0 Å². The van der Waals surface area contributed by atoms with E-state index in [1.807, 2.05) is 0 Å². The van der Waals surface area contributed by atoms with E-state index in [1.165, 1.54) is 83.5 Å². The van der Waals surface area contributed by atoms with Crippen LogP contribution in [0.15, 0.2) is 0 Å². The molecule has 0 spiro atoms. The largest absolute Gasteiger partial charge is 0.472 e. The van der Waals surface area contributed by atoms with E-state index >= 15 is 0 Å². The van der Waals surface area contributed by atoms with Gasteiger partial charge in [0.25, 0.3) is 0 Å². The normalized spacial score (nSPS) is 14.7. The molecule has 0 saturated carbocycles. The zero-order chi connectivity index (χ0) is 49.9. The van der Waals surface area contributed by atoms with E-state index in [4.69, 9.17) is 37.0 Å². The van der Waals surface area contributed by atoms with E-state index in [0.717, 1.165) is 70.6 Å². The molecular weight excluding hydrogens is 910 g/mol. The Morgan fingerprint density at radius 2 is 0.642 bits per heavy atom. The molecule has 2 unspecified atom stereocenters. The van der Waals surface area contributed by atoms with Crippen molar-refractivity contribution in [1.82, 2.24) is 0 Å². The molecule has 0 heterocycles. The van der Waals surface area contributed by atoms with Crippen LogP contribution in [0, 0.1) is 0 Å². The fourth-order valence-electron chi connectivity index (χ4n) is 6.85. The molecule has 0 saturated heterocycles. The van der Waals surface area contributed by atoms with Crippen LogP contribution in [0.3, 0.4) is 0 Å². The quantitative estimate of drug-likeness (QED) is 0.0222. The van der Waals surface area contributed by atoms with Gasteiger partial charge in [-0.1, -0.05) is 182 Å². The summed E-state index contributed by atoms with van der Waals surface area (Å²) in [6, 6.07) is 0. The fraction of sp³-hybridized carbons (Fsp3) is 0.917. The summed E-state index contributed by atoms with van der Waals surface area (Å²) in [5.74, 6) is -2.26. The third-order valence-electron chi connectivity index (χ3n) is 10.9. The first-order valence-corrected chi connectivity index (χ1v) is 28.8. The summed E-state index contributed by atoms with van der Waals surface area (Å²) in [5, 5.41) is 10.3. The van der Waals surface area contributed by atoms with Gasteiger partial charge >= 0.3 is 39.5 Å². The summed E-state index contributed by atoms with van der Waals surface area (Å²) in [6.07, 6.45) is 25.3. The molecule has 3 N–H and O–H groups in total. The zero-order valence-corrected chi connectivity index (χ0v) is 43.6.